The summed E-state index contributed by atoms with van der Waals surface area (Å²) < 4.78 is 2.71. The molecule has 0 unspecified atom stereocenters. The zero-order chi connectivity index (χ0) is 25.1. The van der Waals surface area contributed by atoms with Crippen molar-refractivity contribution in [2.75, 3.05) is 11.1 Å². The van der Waals surface area contributed by atoms with Crippen molar-refractivity contribution in [3.05, 3.63) is 81.8 Å². The molecule has 0 aliphatic carbocycles. The molecule has 0 saturated heterocycles. The number of aryl methyl sites for hydroxylation is 2. The molecule has 8 heteroatoms. The van der Waals surface area contributed by atoms with Crippen LogP contribution in [0.5, 0.6) is 5.75 Å². The summed E-state index contributed by atoms with van der Waals surface area (Å²) in [6.07, 6.45) is 0. The topological polar surface area (TPSA) is 80.0 Å². The number of halogens is 1. The highest BCUT2D eigenvalue weighted by Gasteiger charge is 2.21. The number of aromatic nitrogens is 3. The van der Waals surface area contributed by atoms with E-state index in [9.17, 15) is 9.90 Å². The van der Waals surface area contributed by atoms with Crippen LogP contribution in [0.25, 0.3) is 17.1 Å². The normalized spacial score (nSPS) is 11.1. The van der Waals surface area contributed by atoms with Crippen molar-refractivity contribution in [2.45, 2.75) is 38.8 Å². The van der Waals surface area contributed by atoms with Gasteiger partial charge in [-0.05, 0) is 67.3 Å². The largest absolute Gasteiger partial charge is 0.507 e. The second kappa shape index (κ2) is 10.7. The predicted molar refractivity (Wildman–Crippen MR) is 146 cm³/mol. The van der Waals surface area contributed by atoms with Crippen molar-refractivity contribution in [3.63, 3.8) is 0 Å². The van der Waals surface area contributed by atoms with Gasteiger partial charge in [0.2, 0.25) is 5.91 Å². The minimum absolute atomic E-state index is 0.103. The quantitative estimate of drug-likeness (QED) is 0.245. The summed E-state index contributed by atoms with van der Waals surface area (Å²) in [5, 5.41) is 22.8. The fraction of sp³-hybridized carbons (Fsp3) is 0.222. The molecular formula is C27H27BrN4O2S. The second-order valence-corrected chi connectivity index (χ2v) is 10.6. The summed E-state index contributed by atoms with van der Waals surface area (Å²) in [6, 6.07) is 19.2. The van der Waals surface area contributed by atoms with E-state index in [1.165, 1.54) is 17.3 Å². The van der Waals surface area contributed by atoms with Crippen LogP contribution < -0.4 is 5.32 Å². The molecule has 180 valence electrons. The Balaban J connectivity index is 1.63. The van der Waals surface area contributed by atoms with E-state index in [4.69, 9.17) is 0 Å². The summed E-state index contributed by atoms with van der Waals surface area (Å²) in [4.78, 5) is 12.7. The number of rotatable bonds is 7. The third-order valence-corrected chi connectivity index (χ3v) is 7.04. The zero-order valence-corrected chi connectivity index (χ0v) is 22.4. The average Bonchev–Trinajstić information content (AvgIpc) is 3.23. The number of phenols is 1. The minimum atomic E-state index is -0.130. The van der Waals surface area contributed by atoms with E-state index in [-0.39, 0.29) is 17.4 Å². The van der Waals surface area contributed by atoms with Gasteiger partial charge in [0.25, 0.3) is 0 Å². The molecule has 1 amide bonds. The predicted octanol–water partition coefficient (Wildman–Crippen LogP) is 6.87. The molecule has 1 aromatic heterocycles. The molecule has 4 rings (SSSR count). The molecule has 0 aliphatic heterocycles. The molecule has 3 aromatic carbocycles. The number of carbonyl (C=O) groups excluding carboxylic acids is 1. The summed E-state index contributed by atoms with van der Waals surface area (Å²) in [5.41, 5.74) is 5.61. The van der Waals surface area contributed by atoms with Gasteiger partial charge in [0.05, 0.1) is 17.0 Å². The van der Waals surface area contributed by atoms with Gasteiger partial charge in [-0.3, -0.25) is 9.36 Å². The van der Waals surface area contributed by atoms with Crippen LogP contribution in [0, 0.1) is 13.8 Å². The number of thioether (sulfide) groups is 1. The molecule has 0 saturated carbocycles. The highest BCUT2D eigenvalue weighted by molar-refractivity contribution is 9.10. The lowest BCUT2D eigenvalue weighted by atomic mass is 10.0. The van der Waals surface area contributed by atoms with E-state index >= 15 is 0 Å². The Morgan fingerprint density at radius 1 is 1.06 bits per heavy atom. The summed E-state index contributed by atoms with van der Waals surface area (Å²) in [6.45, 7) is 8.34. The van der Waals surface area contributed by atoms with Crippen molar-refractivity contribution in [1.82, 2.24) is 14.8 Å². The number of nitrogens with zero attached hydrogens (tertiary/aromatic N) is 3. The molecule has 2 N–H and O–H groups in total. The number of benzene rings is 3. The smallest absolute Gasteiger partial charge is 0.234 e. The molecule has 0 atom stereocenters. The lowest BCUT2D eigenvalue weighted by Crippen LogP contribution is -2.14. The Bertz CT molecular complexity index is 1370. The van der Waals surface area contributed by atoms with E-state index in [0.717, 1.165) is 27.0 Å². The molecule has 4 aromatic rings. The van der Waals surface area contributed by atoms with Crippen LogP contribution in [0.1, 0.15) is 36.5 Å². The maximum absolute atomic E-state index is 12.7. The van der Waals surface area contributed by atoms with Crippen LogP contribution in [-0.4, -0.2) is 31.5 Å². The van der Waals surface area contributed by atoms with Crippen molar-refractivity contribution in [1.29, 1.82) is 0 Å². The number of amides is 1. The molecular weight excluding hydrogens is 524 g/mol. The first-order valence-corrected chi connectivity index (χ1v) is 13.1. The van der Waals surface area contributed by atoms with Gasteiger partial charge < -0.3 is 10.4 Å². The molecule has 35 heavy (non-hydrogen) atoms. The van der Waals surface area contributed by atoms with E-state index in [0.29, 0.717) is 22.5 Å². The average molecular weight is 552 g/mol. The van der Waals surface area contributed by atoms with Crippen molar-refractivity contribution >= 4 is 39.3 Å². The summed E-state index contributed by atoms with van der Waals surface area (Å²) in [7, 11) is 0. The standard InChI is InChI=1S/C27H27BrN4O2S/c1-16(2)19-6-9-21(10-7-19)29-25(34)15-35-27-31-30-26(22-14-20(28)8-12-24(22)33)32(27)23-11-5-17(3)13-18(23)4/h5-14,16,33H,15H2,1-4H3,(H,29,34). The number of phenolic OH excluding ortho intramolecular Hbond substituents is 1. The van der Waals surface area contributed by atoms with Gasteiger partial charge in [0.15, 0.2) is 11.0 Å². The van der Waals surface area contributed by atoms with Crippen LogP contribution in [0.4, 0.5) is 5.69 Å². The van der Waals surface area contributed by atoms with Crippen LogP contribution in [-0.2, 0) is 4.79 Å². The lowest BCUT2D eigenvalue weighted by molar-refractivity contribution is -0.113. The molecule has 0 aliphatic rings. The molecule has 0 fully saturated rings. The number of hydrogen-bond donors (Lipinski definition) is 2. The lowest BCUT2D eigenvalue weighted by Gasteiger charge is -2.14. The first-order valence-electron chi connectivity index (χ1n) is 11.3. The summed E-state index contributed by atoms with van der Waals surface area (Å²) in [5.74, 6) is 1.08. The first-order chi connectivity index (χ1) is 16.7. The van der Waals surface area contributed by atoms with Gasteiger partial charge in [-0.1, -0.05) is 71.4 Å². The van der Waals surface area contributed by atoms with Crippen molar-refractivity contribution in [2.24, 2.45) is 0 Å². The Kier molecular flexibility index (Phi) is 7.62. The number of hydrogen-bond acceptors (Lipinski definition) is 5. The van der Waals surface area contributed by atoms with Gasteiger partial charge in [-0.25, -0.2) is 0 Å². The van der Waals surface area contributed by atoms with Gasteiger partial charge in [0.1, 0.15) is 5.75 Å². The Labute approximate surface area is 217 Å². The Morgan fingerprint density at radius 3 is 2.49 bits per heavy atom. The minimum Gasteiger partial charge on any atom is -0.507 e. The van der Waals surface area contributed by atoms with Crippen LogP contribution in [0.15, 0.2) is 70.3 Å². The monoisotopic (exact) mass is 550 g/mol. The first kappa shape index (κ1) is 25.0. The number of carbonyl (C=O) groups is 1. The number of aromatic hydroxyl groups is 1. The maximum atomic E-state index is 12.7. The Morgan fingerprint density at radius 2 is 1.80 bits per heavy atom. The molecule has 0 bridgehead atoms. The van der Waals surface area contributed by atoms with E-state index in [2.05, 4.69) is 51.4 Å². The molecule has 1 heterocycles. The SMILES string of the molecule is Cc1ccc(-n2c(SCC(=O)Nc3ccc(C(C)C)cc3)nnc2-c2cc(Br)ccc2O)c(C)c1. The molecule has 6 nitrogen and oxygen atoms in total. The van der Waals surface area contributed by atoms with Gasteiger partial charge in [0, 0.05) is 10.2 Å². The summed E-state index contributed by atoms with van der Waals surface area (Å²) >= 11 is 4.77. The maximum Gasteiger partial charge on any atom is 0.234 e. The third kappa shape index (κ3) is 5.77. The fourth-order valence-corrected chi connectivity index (χ4v) is 4.88. The number of nitrogens with one attached hydrogen (secondary N) is 1. The zero-order valence-electron chi connectivity index (χ0n) is 20.0. The third-order valence-electron chi connectivity index (χ3n) is 5.62. The van der Waals surface area contributed by atoms with Gasteiger partial charge in [-0.15, -0.1) is 10.2 Å². The van der Waals surface area contributed by atoms with E-state index < -0.39 is 0 Å². The Hall–Kier alpha value is -3.10. The molecule has 0 radical (unpaired) electrons. The highest BCUT2D eigenvalue weighted by Crippen LogP contribution is 2.35. The van der Waals surface area contributed by atoms with Crippen LogP contribution in [0.2, 0.25) is 0 Å². The van der Waals surface area contributed by atoms with E-state index in [1.54, 1.807) is 18.2 Å². The van der Waals surface area contributed by atoms with Gasteiger partial charge in [-0.2, -0.15) is 0 Å². The van der Waals surface area contributed by atoms with Crippen LogP contribution in [0.3, 0.4) is 0 Å². The fourth-order valence-electron chi connectivity index (χ4n) is 3.78. The van der Waals surface area contributed by atoms with Crippen molar-refractivity contribution in [3.8, 4) is 22.8 Å². The van der Waals surface area contributed by atoms with E-state index in [1.807, 2.05) is 54.8 Å². The highest BCUT2D eigenvalue weighted by atomic mass is 79.9. The van der Waals surface area contributed by atoms with Crippen LogP contribution >= 0.6 is 27.7 Å². The number of anilines is 1. The van der Waals surface area contributed by atoms with Gasteiger partial charge >= 0.3 is 0 Å². The van der Waals surface area contributed by atoms with Crippen molar-refractivity contribution < 1.29 is 9.90 Å². The second-order valence-electron chi connectivity index (χ2n) is 8.71. The molecule has 0 spiro atoms.